The van der Waals surface area contributed by atoms with Crippen LogP contribution in [-0.4, -0.2) is 26.1 Å². The highest BCUT2D eigenvalue weighted by molar-refractivity contribution is 6.34. The molecular weight excluding hydrogens is 378 g/mol. The van der Waals surface area contributed by atoms with Crippen LogP contribution in [0.2, 0.25) is 5.02 Å². The summed E-state index contributed by atoms with van der Waals surface area (Å²) in [5, 5.41) is 12.6. The molecule has 1 aromatic heterocycles. The molecule has 6 nitrogen and oxygen atoms in total. The van der Waals surface area contributed by atoms with E-state index in [9.17, 15) is 22.4 Å². The normalized spacial score (nSPS) is 11.4. The summed E-state index contributed by atoms with van der Waals surface area (Å²) in [6, 6.07) is 5.72. The van der Waals surface area contributed by atoms with Crippen LogP contribution in [0.4, 0.5) is 23.2 Å². The molecule has 0 saturated carbocycles. The second-order valence-electron chi connectivity index (χ2n) is 5.06. The van der Waals surface area contributed by atoms with Crippen LogP contribution >= 0.6 is 11.6 Å². The van der Waals surface area contributed by atoms with Crippen LogP contribution in [0.3, 0.4) is 0 Å². The van der Waals surface area contributed by atoms with E-state index in [4.69, 9.17) is 11.6 Å². The molecule has 0 aliphatic rings. The van der Waals surface area contributed by atoms with Crippen molar-refractivity contribution < 1.29 is 22.4 Å². The van der Waals surface area contributed by atoms with Gasteiger partial charge in [-0.15, -0.1) is 5.10 Å². The van der Waals surface area contributed by atoms with Crippen molar-refractivity contribution in [1.29, 1.82) is 0 Å². The smallest absolute Gasteiger partial charge is 0.321 e. The van der Waals surface area contributed by atoms with Gasteiger partial charge in [0.1, 0.15) is 12.1 Å². The van der Waals surface area contributed by atoms with Crippen molar-refractivity contribution in [3.05, 3.63) is 64.7 Å². The van der Waals surface area contributed by atoms with E-state index in [0.717, 1.165) is 41.3 Å². The summed E-state index contributed by atoms with van der Waals surface area (Å²) < 4.78 is 53.1. The van der Waals surface area contributed by atoms with Gasteiger partial charge in [0.2, 0.25) is 0 Å². The van der Waals surface area contributed by atoms with E-state index in [-0.39, 0.29) is 22.0 Å². The number of benzene rings is 2. The highest BCUT2D eigenvalue weighted by Crippen LogP contribution is 2.34. The SMILES string of the molecule is O=C(Nc1cc(C(F)(F)F)ccc1Cl)c1ccc(F)cc1-n1cnnn1. The molecule has 0 aliphatic heterocycles. The number of hydrogen-bond donors (Lipinski definition) is 1. The van der Waals surface area contributed by atoms with Gasteiger partial charge in [-0.2, -0.15) is 17.9 Å². The molecule has 0 aliphatic carbocycles. The Morgan fingerprint density at radius 2 is 1.92 bits per heavy atom. The number of tetrazole rings is 1. The summed E-state index contributed by atoms with van der Waals surface area (Å²) in [5.41, 5.74) is -1.27. The Hall–Kier alpha value is -3.01. The quantitative estimate of drug-likeness (QED) is 0.697. The van der Waals surface area contributed by atoms with Gasteiger partial charge in [0.05, 0.1) is 27.5 Å². The number of amides is 1. The van der Waals surface area contributed by atoms with Gasteiger partial charge in [0, 0.05) is 6.07 Å². The zero-order chi connectivity index (χ0) is 18.9. The maximum Gasteiger partial charge on any atom is 0.416 e. The van der Waals surface area contributed by atoms with Crippen LogP contribution in [0, 0.1) is 5.82 Å². The van der Waals surface area contributed by atoms with Gasteiger partial charge < -0.3 is 5.32 Å². The van der Waals surface area contributed by atoms with Gasteiger partial charge in [-0.3, -0.25) is 4.79 Å². The molecule has 11 heteroatoms. The zero-order valence-electron chi connectivity index (χ0n) is 12.6. The third kappa shape index (κ3) is 3.64. The first-order valence-electron chi connectivity index (χ1n) is 6.97. The largest absolute Gasteiger partial charge is 0.416 e. The van der Waals surface area contributed by atoms with Gasteiger partial charge in [0.15, 0.2) is 0 Å². The fourth-order valence-electron chi connectivity index (χ4n) is 2.15. The molecule has 1 amide bonds. The molecule has 2 aromatic carbocycles. The van der Waals surface area contributed by atoms with Crippen molar-refractivity contribution in [1.82, 2.24) is 20.2 Å². The number of carbonyl (C=O) groups excluding carboxylic acids is 1. The summed E-state index contributed by atoms with van der Waals surface area (Å²) in [5.74, 6) is -1.46. The lowest BCUT2D eigenvalue weighted by Gasteiger charge is -2.13. The average Bonchev–Trinajstić information content (AvgIpc) is 3.10. The Morgan fingerprint density at radius 3 is 2.58 bits per heavy atom. The number of rotatable bonds is 3. The minimum absolute atomic E-state index is 0.00981. The molecular formula is C15H8ClF4N5O. The van der Waals surface area contributed by atoms with Gasteiger partial charge in [-0.05, 0) is 40.8 Å². The fourth-order valence-corrected chi connectivity index (χ4v) is 2.31. The number of aromatic nitrogens is 4. The number of nitrogens with zero attached hydrogens (tertiary/aromatic N) is 4. The molecule has 0 spiro atoms. The van der Waals surface area contributed by atoms with Crippen molar-refractivity contribution in [2.24, 2.45) is 0 Å². The maximum absolute atomic E-state index is 13.5. The first-order chi connectivity index (χ1) is 12.3. The van der Waals surface area contributed by atoms with Gasteiger partial charge in [-0.1, -0.05) is 11.6 Å². The Kier molecular flexibility index (Phi) is 4.60. The molecule has 0 radical (unpaired) electrons. The lowest BCUT2D eigenvalue weighted by atomic mass is 10.1. The van der Waals surface area contributed by atoms with E-state index in [0.29, 0.717) is 6.07 Å². The minimum atomic E-state index is -4.60. The lowest BCUT2D eigenvalue weighted by Crippen LogP contribution is -2.16. The van der Waals surface area contributed by atoms with Crippen molar-refractivity contribution in [3.8, 4) is 5.69 Å². The number of alkyl halides is 3. The molecule has 1 heterocycles. The first-order valence-corrected chi connectivity index (χ1v) is 7.34. The molecule has 26 heavy (non-hydrogen) atoms. The number of halogens is 5. The molecule has 0 fully saturated rings. The topological polar surface area (TPSA) is 72.7 Å². The van der Waals surface area contributed by atoms with E-state index in [1.54, 1.807) is 0 Å². The summed E-state index contributed by atoms with van der Waals surface area (Å²) in [4.78, 5) is 12.5. The highest BCUT2D eigenvalue weighted by Gasteiger charge is 2.31. The summed E-state index contributed by atoms with van der Waals surface area (Å²) >= 11 is 5.86. The van der Waals surface area contributed by atoms with Crippen LogP contribution in [0.15, 0.2) is 42.7 Å². The van der Waals surface area contributed by atoms with E-state index in [1.807, 2.05) is 0 Å². The minimum Gasteiger partial charge on any atom is -0.321 e. The van der Waals surface area contributed by atoms with E-state index >= 15 is 0 Å². The van der Waals surface area contributed by atoms with Gasteiger partial charge in [0.25, 0.3) is 5.91 Å². The maximum atomic E-state index is 13.5. The monoisotopic (exact) mass is 385 g/mol. The first kappa shape index (κ1) is 17.8. The Bertz CT molecular complexity index is 959. The van der Waals surface area contributed by atoms with Crippen molar-refractivity contribution >= 4 is 23.2 Å². The molecule has 0 bridgehead atoms. The molecule has 3 rings (SSSR count). The molecule has 1 N–H and O–H groups in total. The summed E-state index contributed by atoms with van der Waals surface area (Å²) in [6.45, 7) is 0. The third-order valence-corrected chi connectivity index (χ3v) is 3.67. The predicted molar refractivity (Wildman–Crippen MR) is 83.5 cm³/mol. The van der Waals surface area contributed by atoms with Crippen LogP contribution in [0.1, 0.15) is 15.9 Å². The van der Waals surface area contributed by atoms with Crippen LogP contribution in [0.5, 0.6) is 0 Å². The zero-order valence-corrected chi connectivity index (χ0v) is 13.4. The predicted octanol–water partition coefficient (Wildman–Crippen LogP) is 3.73. The van der Waals surface area contributed by atoms with E-state index in [2.05, 4.69) is 20.8 Å². The Labute approximate surface area is 148 Å². The molecule has 0 atom stereocenters. The number of anilines is 1. The molecule has 0 saturated heterocycles. The Balaban J connectivity index is 1.97. The van der Waals surface area contributed by atoms with Crippen molar-refractivity contribution in [2.45, 2.75) is 6.18 Å². The van der Waals surface area contributed by atoms with Crippen LogP contribution < -0.4 is 5.32 Å². The molecule has 0 unspecified atom stereocenters. The van der Waals surface area contributed by atoms with Crippen LogP contribution in [-0.2, 0) is 6.18 Å². The third-order valence-electron chi connectivity index (χ3n) is 3.34. The van der Waals surface area contributed by atoms with E-state index in [1.165, 1.54) is 0 Å². The summed E-state index contributed by atoms with van der Waals surface area (Å²) in [6.07, 6.45) is -3.46. The van der Waals surface area contributed by atoms with Crippen molar-refractivity contribution in [2.75, 3.05) is 5.32 Å². The highest BCUT2D eigenvalue weighted by atomic mass is 35.5. The van der Waals surface area contributed by atoms with E-state index < -0.39 is 23.5 Å². The number of nitrogens with one attached hydrogen (secondary N) is 1. The fraction of sp³-hybridized carbons (Fsp3) is 0.0667. The second-order valence-corrected chi connectivity index (χ2v) is 5.47. The average molecular weight is 386 g/mol. The second kappa shape index (κ2) is 6.71. The van der Waals surface area contributed by atoms with Gasteiger partial charge >= 0.3 is 6.18 Å². The van der Waals surface area contributed by atoms with Crippen LogP contribution in [0.25, 0.3) is 5.69 Å². The summed E-state index contributed by atoms with van der Waals surface area (Å²) in [7, 11) is 0. The standard InChI is InChI=1S/C15H8ClF4N5O/c16-11-4-1-8(15(18,19)20)5-12(11)22-14(26)10-3-2-9(17)6-13(10)25-7-21-23-24-25/h1-7H,(H,22,26). The van der Waals surface area contributed by atoms with Crippen molar-refractivity contribution in [3.63, 3.8) is 0 Å². The number of hydrogen-bond acceptors (Lipinski definition) is 4. The van der Waals surface area contributed by atoms with Gasteiger partial charge in [-0.25, -0.2) is 4.39 Å². The molecule has 134 valence electrons. The molecule has 3 aromatic rings. The lowest BCUT2D eigenvalue weighted by molar-refractivity contribution is -0.137. The Morgan fingerprint density at radius 1 is 1.15 bits per heavy atom. The number of carbonyl (C=O) groups is 1.